The van der Waals surface area contributed by atoms with Crippen LogP contribution >= 0.6 is 0 Å². The smallest absolute Gasteiger partial charge is 0.337 e. The van der Waals surface area contributed by atoms with Gasteiger partial charge in [0, 0.05) is 37.9 Å². The summed E-state index contributed by atoms with van der Waals surface area (Å²) >= 11 is 0. The van der Waals surface area contributed by atoms with Gasteiger partial charge in [-0.3, -0.25) is 9.62 Å². The van der Waals surface area contributed by atoms with Crippen molar-refractivity contribution in [3.8, 4) is 0 Å². The van der Waals surface area contributed by atoms with E-state index in [0.717, 1.165) is 50.4 Å². The van der Waals surface area contributed by atoms with E-state index in [1.165, 1.54) is 38.2 Å². The van der Waals surface area contributed by atoms with Crippen molar-refractivity contribution in [3.05, 3.63) is 53.8 Å². The van der Waals surface area contributed by atoms with Crippen molar-refractivity contribution < 1.29 is 22.7 Å². The van der Waals surface area contributed by atoms with Crippen LogP contribution in [0.25, 0.3) is 0 Å². The van der Waals surface area contributed by atoms with Crippen LogP contribution in [0.3, 0.4) is 0 Å². The maximum Gasteiger partial charge on any atom is 0.337 e. The van der Waals surface area contributed by atoms with Gasteiger partial charge in [0.15, 0.2) is 0 Å². The molecule has 1 saturated heterocycles. The summed E-state index contributed by atoms with van der Waals surface area (Å²) in [4.78, 5) is 16.4. The number of carboxylic acid groups (broad SMARTS) is 1. The minimum atomic E-state index is -3.96. The van der Waals surface area contributed by atoms with Gasteiger partial charge in [0.2, 0.25) is 0 Å². The highest BCUT2D eigenvalue weighted by Gasteiger charge is 2.27. The average molecular weight is 462 g/mol. The Labute approximate surface area is 187 Å². The van der Waals surface area contributed by atoms with E-state index in [9.17, 15) is 22.7 Å². The zero-order valence-electron chi connectivity index (χ0n) is 17.8. The Bertz CT molecular complexity index is 1060. The van der Waals surface area contributed by atoms with Crippen LogP contribution < -0.4 is 9.62 Å². The molecule has 1 heterocycles. The lowest BCUT2D eigenvalue weighted by atomic mass is 9.94. The Morgan fingerprint density at radius 1 is 0.969 bits per heavy atom. The Morgan fingerprint density at radius 3 is 2.25 bits per heavy atom. The van der Waals surface area contributed by atoms with Crippen molar-refractivity contribution in [1.29, 1.82) is 0 Å². The van der Waals surface area contributed by atoms with Gasteiger partial charge in [-0.25, -0.2) is 17.6 Å². The van der Waals surface area contributed by atoms with Crippen molar-refractivity contribution in [1.82, 2.24) is 4.90 Å². The summed E-state index contributed by atoms with van der Waals surface area (Å²) in [7, 11) is -3.96. The molecule has 172 valence electrons. The molecule has 2 aromatic carbocycles. The molecule has 0 spiro atoms. The molecule has 0 amide bonds. The molecule has 1 saturated carbocycles. The molecule has 2 N–H and O–H groups in total. The quantitative estimate of drug-likeness (QED) is 0.681. The topological polar surface area (TPSA) is 89.9 Å². The molecule has 32 heavy (non-hydrogen) atoms. The summed E-state index contributed by atoms with van der Waals surface area (Å²) in [6.45, 7) is 3.25. The minimum absolute atomic E-state index is 0.0513. The van der Waals surface area contributed by atoms with Gasteiger partial charge < -0.3 is 10.0 Å². The second kappa shape index (κ2) is 9.46. The fraction of sp³-hybridized carbons (Fsp3) is 0.435. The first kappa shape index (κ1) is 22.5. The maximum absolute atomic E-state index is 13.1. The number of halogens is 1. The molecule has 0 aromatic heterocycles. The molecule has 2 fully saturated rings. The molecule has 2 aliphatic rings. The van der Waals surface area contributed by atoms with Crippen molar-refractivity contribution >= 4 is 27.4 Å². The largest absolute Gasteiger partial charge is 0.478 e. The summed E-state index contributed by atoms with van der Waals surface area (Å²) in [5.41, 5.74) is 0.789. The highest BCUT2D eigenvalue weighted by atomic mass is 32.2. The number of nitrogens with one attached hydrogen (secondary N) is 1. The van der Waals surface area contributed by atoms with Gasteiger partial charge in [0.05, 0.1) is 16.1 Å². The van der Waals surface area contributed by atoms with Gasteiger partial charge in [-0.15, -0.1) is 0 Å². The standard InChI is InChI=1S/C23H28FN3O4S/c24-17-6-9-20(10-7-17)32(30,31)25-18-8-11-22(21(16-18)23(28)29)27-14-12-26(13-15-27)19-4-2-1-3-5-19/h6-11,16,19,25H,1-5,12-15H2,(H,28,29). The molecule has 0 atom stereocenters. The minimum Gasteiger partial charge on any atom is -0.478 e. The third-order valence-corrected chi connectivity index (χ3v) is 7.75. The van der Waals surface area contributed by atoms with Crippen LogP contribution in [-0.2, 0) is 10.0 Å². The molecular weight excluding hydrogens is 433 g/mol. The fourth-order valence-corrected chi connectivity index (χ4v) is 5.70. The van der Waals surface area contributed by atoms with Crippen LogP contribution in [0, 0.1) is 5.82 Å². The number of carbonyl (C=O) groups is 1. The van der Waals surface area contributed by atoms with Crippen molar-refractivity contribution in [2.45, 2.75) is 43.0 Å². The SMILES string of the molecule is O=C(O)c1cc(NS(=O)(=O)c2ccc(F)cc2)ccc1N1CCN(C2CCCCC2)CC1. The lowest BCUT2D eigenvalue weighted by Crippen LogP contribution is -2.51. The van der Waals surface area contributed by atoms with Crippen LogP contribution in [0.2, 0.25) is 0 Å². The highest BCUT2D eigenvalue weighted by Crippen LogP contribution is 2.29. The van der Waals surface area contributed by atoms with Gasteiger partial charge >= 0.3 is 5.97 Å². The van der Waals surface area contributed by atoms with Crippen LogP contribution in [0.1, 0.15) is 42.5 Å². The first-order valence-electron chi connectivity index (χ1n) is 11.0. The van der Waals surface area contributed by atoms with E-state index in [-0.39, 0.29) is 16.1 Å². The summed E-state index contributed by atoms with van der Waals surface area (Å²) in [5.74, 6) is -1.65. The van der Waals surface area contributed by atoms with Crippen LogP contribution in [0.15, 0.2) is 47.4 Å². The third-order valence-electron chi connectivity index (χ3n) is 6.35. The van der Waals surface area contributed by atoms with E-state index in [4.69, 9.17) is 0 Å². The van der Waals surface area contributed by atoms with Crippen LogP contribution in [0.5, 0.6) is 0 Å². The summed E-state index contributed by atoms with van der Waals surface area (Å²) in [6, 6.07) is 9.64. The number of anilines is 2. The number of benzene rings is 2. The third kappa shape index (κ3) is 5.05. The molecule has 0 bridgehead atoms. The molecule has 7 nitrogen and oxygen atoms in total. The normalized spacial score (nSPS) is 18.5. The molecule has 0 radical (unpaired) electrons. The van der Waals surface area contributed by atoms with Crippen LogP contribution in [-0.4, -0.2) is 56.6 Å². The number of hydrogen-bond donors (Lipinski definition) is 2. The number of rotatable bonds is 6. The predicted molar refractivity (Wildman–Crippen MR) is 121 cm³/mol. The zero-order chi connectivity index (χ0) is 22.7. The number of piperazine rings is 1. The first-order chi connectivity index (χ1) is 15.3. The maximum atomic E-state index is 13.1. The second-order valence-electron chi connectivity index (χ2n) is 8.41. The fourth-order valence-electron chi connectivity index (χ4n) is 4.65. The lowest BCUT2D eigenvalue weighted by molar-refractivity contribution is 0.0697. The first-order valence-corrected chi connectivity index (χ1v) is 12.5. The summed E-state index contributed by atoms with van der Waals surface area (Å²) in [6.07, 6.45) is 6.36. The van der Waals surface area contributed by atoms with Gasteiger partial charge in [0.1, 0.15) is 5.82 Å². The van der Waals surface area contributed by atoms with Gasteiger partial charge in [-0.05, 0) is 55.3 Å². The molecule has 1 aliphatic carbocycles. The molecule has 9 heteroatoms. The molecular formula is C23H28FN3O4S. The second-order valence-corrected chi connectivity index (χ2v) is 10.1. The predicted octanol–water partition coefficient (Wildman–Crippen LogP) is 3.78. The average Bonchev–Trinajstić information content (AvgIpc) is 2.80. The molecule has 0 unspecified atom stereocenters. The lowest BCUT2D eigenvalue weighted by Gasteiger charge is -2.41. The molecule has 1 aliphatic heterocycles. The van der Waals surface area contributed by atoms with Gasteiger partial charge in [-0.1, -0.05) is 19.3 Å². The number of aromatic carboxylic acids is 1. The number of sulfonamides is 1. The van der Waals surface area contributed by atoms with Gasteiger partial charge in [0.25, 0.3) is 10.0 Å². The number of hydrogen-bond acceptors (Lipinski definition) is 5. The summed E-state index contributed by atoms with van der Waals surface area (Å²) < 4.78 is 40.6. The Hall–Kier alpha value is -2.65. The Balaban J connectivity index is 1.49. The van der Waals surface area contributed by atoms with E-state index < -0.39 is 21.8 Å². The van der Waals surface area contributed by atoms with Crippen LogP contribution in [0.4, 0.5) is 15.8 Å². The molecule has 4 rings (SSSR count). The molecule has 2 aromatic rings. The Morgan fingerprint density at radius 2 is 1.62 bits per heavy atom. The van der Waals surface area contributed by atoms with E-state index in [1.807, 2.05) is 0 Å². The van der Waals surface area contributed by atoms with Gasteiger partial charge in [-0.2, -0.15) is 0 Å². The van der Waals surface area contributed by atoms with E-state index >= 15 is 0 Å². The van der Waals surface area contributed by atoms with E-state index in [2.05, 4.69) is 14.5 Å². The van der Waals surface area contributed by atoms with E-state index in [1.54, 1.807) is 12.1 Å². The number of carboxylic acids is 1. The van der Waals surface area contributed by atoms with Crippen molar-refractivity contribution in [2.75, 3.05) is 35.8 Å². The van der Waals surface area contributed by atoms with E-state index in [0.29, 0.717) is 11.7 Å². The highest BCUT2D eigenvalue weighted by molar-refractivity contribution is 7.92. The van der Waals surface area contributed by atoms with Crippen molar-refractivity contribution in [2.24, 2.45) is 0 Å². The summed E-state index contributed by atoms with van der Waals surface area (Å²) in [5, 5.41) is 9.77. The van der Waals surface area contributed by atoms with Crippen molar-refractivity contribution in [3.63, 3.8) is 0 Å². The zero-order valence-corrected chi connectivity index (χ0v) is 18.7. The monoisotopic (exact) mass is 461 g/mol. The number of nitrogens with zero attached hydrogens (tertiary/aromatic N) is 2. The Kier molecular flexibility index (Phi) is 6.66.